The van der Waals surface area contributed by atoms with Crippen LogP contribution in [0.1, 0.15) is 57.6 Å². The van der Waals surface area contributed by atoms with E-state index in [1.54, 1.807) is 25.3 Å². The van der Waals surface area contributed by atoms with Gasteiger partial charge in [0, 0.05) is 42.0 Å². The Kier molecular flexibility index (Phi) is 6.35. The molecule has 1 unspecified atom stereocenters. The maximum absolute atomic E-state index is 13.5. The standard InChI is InChI=1S/C30H28F3N5O3/c1-16-6-3-4-7-20(16)21-11-23(27(40)38(17(21)2)15-30(31,32)33)36-26(39)19-10-18-12-29(13-24(18)35-14-19)22-8-5-9-34-25(22)37-28(29)41/h3-10,14,17,21,23H,11-13,15H2,1-2H3,(H,36,39)(H,34,37,41)/t17-,21-,23+,29?/m1/s1. The minimum Gasteiger partial charge on any atom is -0.340 e. The molecule has 8 nitrogen and oxygen atoms in total. The summed E-state index contributed by atoms with van der Waals surface area (Å²) >= 11 is 0. The molecule has 1 spiro atoms. The number of aromatic nitrogens is 2. The van der Waals surface area contributed by atoms with Crippen molar-refractivity contribution in [3.63, 3.8) is 0 Å². The molecule has 41 heavy (non-hydrogen) atoms. The Morgan fingerprint density at radius 1 is 1.15 bits per heavy atom. The predicted octanol–water partition coefficient (Wildman–Crippen LogP) is 3.84. The summed E-state index contributed by atoms with van der Waals surface area (Å²) in [5, 5.41) is 5.52. The van der Waals surface area contributed by atoms with Crippen molar-refractivity contribution in [1.82, 2.24) is 20.2 Å². The molecule has 1 aromatic carbocycles. The quantitative estimate of drug-likeness (QED) is 0.502. The average molecular weight is 564 g/mol. The summed E-state index contributed by atoms with van der Waals surface area (Å²) < 4.78 is 40.5. The lowest BCUT2D eigenvalue weighted by atomic mass is 9.80. The highest BCUT2D eigenvalue weighted by Crippen LogP contribution is 2.46. The molecule has 3 amide bonds. The summed E-state index contributed by atoms with van der Waals surface area (Å²) in [7, 11) is 0. The van der Waals surface area contributed by atoms with E-state index in [1.807, 2.05) is 37.3 Å². The lowest BCUT2D eigenvalue weighted by molar-refractivity contribution is -0.170. The highest BCUT2D eigenvalue weighted by molar-refractivity contribution is 6.06. The van der Waals surface area contributed by atoms with Gasteiger partial charge in [0.25, 0.3) is 5.91 Å². The average Bonchev–Trinajstić information content (AvgIpc) is 3.45. The van der Waals surface area contributed by atoms with Crippen molar-refractivity contribution in [2.75, 3.05) is 11.9 Å². The molecule has 2 N–H and O–H groups in total. The van der Waals surface area contributed by atoms with E-state index in [1.165, 1.54) is 6.20 Å². The first-order valence-electron chi connectivity index (χ1n) is 13.5. The molecular formula is C30H28F3N5O3. The number of rotatable bonds is 4. The van der Waals surface area contributed by atoms with Gasteiger partial charge in [-0.05, 0) is 55.5 Å². The Bertz CT molecular complexity index is 1570. The molecule has 11 heteroatoms. The van der Waals surface area contributed by atoms with Crippen molar-refractivity contribution in [2.24, 2.45) is 0 Å². The number of aryl methyl sites for hydroxylation is 1. The zero-order valence-corrected chi connectivity index (χ0v) is 22.5. The molecule has 1 aliphatic carbocycles. The second-order valence-corrected chi connectivity index (χ2v) is 11.2. The summed E-state index contributed by atoms with van der Waals surface area (Å²) in [6, 6.07) is 10.8. The van der Waals surface area contributed by atoms with Gasteiger partial charge in [-0.15, -0.1) is 0 Å². The Balaban J connectivity index is 1.26. The minimum atomic E-state index is -4.59. The highest BCUT2D eigenvalue weighted by Gasteiger charge is 2.52. The molecule has 0 saturated carbocycles. The number of nitrogens with one attached hydrogen (secondary N) is 2. The number of amides is 3. The molecule has 0 radical (unpaired) electrons. The van der Waals surface area contributed by atoms with Crippen LogP contribution in [-0.2, 0) is 27.8 Å². The first-order chi connectivity index (χ1) is 19.5. The number of alkyl halides is 3. The molecular weight excluding hydrogens is 535 g/mol. The van der Waals surface area contributed by atoms with Crippen LogP contribution >= 0.6 is 0 Å². The van der Waals surface area contributed by atoms with E-state index in [0.717, 1.165) is 27.2 Å². The maximum atomic E-state index is 13.5. The number of pyridine rings is 2. The first kappa shape index (κ1) is 26.9. The molecule has 0 bridgehead atoms. The van der Waals surface area contributed by atoms with Crippen LogP contribution in [0.5, 0.6) is 0 Å². The van der Waals surface area contributed by atoms with E-state index in [0.29, 0.717) is 24.4 Å². The Labute approximate surface area is 234 Å². The topological polar surface area (TPSA) is 104 Å². The van der Waals surface area contributed by atoms with Crippen LogP contribution in [0.4, 0.5) is 19.0 Å². The van der Waals surface area contributed by atoms with E-state index < -0.39 is 48.0 Å². The van der Waals surface area contributed by atoms with Crippen molar-refractivity contribution < 1.29 is 27.6 Å². The number of hydrogen-bond acceptors (Lipinski definition) is 5. The third-order valence-corrected chi connectivity index (χ3v) is 8.66. The van der Waals surface area contributed by atoms with Crippen molar-refractivity contribution >= 4 is 23.5 Å². The molecule has 4 heterocycles. The molecule has 3 aromatic rings. The molecule has 212 valence electrons. The molecule has 4 atom stereocenters. The van der Waals surface area contributed by atoms with E-state index in [4.69, 9.17) is 0 Å². The van der Waals surface area contributed by atoms with Crippen LogP contribution in [-0.4, -0.2) is 57.4 Å². The van der Waals surface area contributed by atoms with Gasteiger partial charge in [-0.2, -0.15) is 13.2 Å². The minimum absolute atomic E-state index is 0.163. The van der Waals surface area contributed by atoms with Crippen LogP contribution in [0, 0.1) is 6.92 Å². The van der Waals surface area contributed by atoms with Gasteiger partial charge in [0.2, 0.25) is 11.8 Å². The third-order valence-electron chi connectivity index (χ3n) is 8.66. The number of hydrogen-bond donors (Lipinski definition) is 2. The van der Waals surface area contributed by atoms with Gasteiger partial charge in [0.1, 0.15) is 18.4 Å². The van der Waals surface area contributed by atoms with Crippen LogP contribution in [0.25, 0.3) is 0 Å². The second-order valence-electron chi connectivity index (χ2n) is 11.2. The van der Waals surface area contributed by atoms with E-state index in [9.17, 15) is 27.6 Å². The zero-order valence-electron chi connectivity index (χ0n) is 22.5. The van der Waals surface area contributed by atoms with E-state index >= 15 is 0 Å². The number of nitrogens with zero attached hydrogens (tertiary/aromatic N) is 3. The third kappa shape index (κ3) is 4.62. The van der Waals surface area contributed by atoms with Gasteiger partial charge in [-0.25, -0.2) is 4.98 Å². The fourth-order valence-corrected chi connectivity index (χ4v) is 6.58. The lowest BCUT2D eigenvalue weighted by Crippen LogP contribution is -2.59. The van der Waals surface area contributed by atoms with Crippen molar-refractivity contribution in [3.8, 4) is 0 Å². The maximum Gasteiger partial charge on any atom is 0.406 e. The van der Waals surface area contributed by atoms with Gasteiger partial charge in [0.05, 0.1) is 11.0 Å². The molecule has 3 aliphatic rings. The first-order valence-corrected chi connectivity index (χ1v) is 13.5. The lowest BCUT2D eigenvalue weighted by Gasteiger charge is -2.43. The van der Waals surface area contributed by atoms with Gasteiger partial charge < -0.3 is 15.5 Å². The zero-order chi connectivity index (χ0) is 29.1. The monoisotopic (exact) mass is 563 g/mol. The van der Waals surface area contributed by atoms with E-state index in [-0.39, 0.29) is 17.9 Å². The van der Waals surface area contributed by atoms with E-state index in [2.05, 4.69) is 20.6 Å². The number of likely N-dealkylation sites (tertiary alicyclic amines) is 1. The summed E-state index contributed by atoms with van der Waals surface area (Å²) in [4.78, 5) is 49.2. The van der Waals surface area contributed by atoms with Crippen LogP contribution < -0.4 is 10.6 Å². The Morgan fingerprint density at radius 2 is 1.93 bits per heavy atom. The molecule has 6 rings (SSSR count). The summed E-state index contributed by atoms with van der Waals surface area (Å²) in [6.07, 6.45) is -0.753. The Hall–Kier alpha value is -4.28. The van der Waals surface area contributed by atoms with Crippen LogP contribution in [0.2, 0.25) is 0 Å². The Morgan fingerprint density at radius 3 is 2.68 bits per heavy atom. The summed E-state index contributed by atoms with van der Waals surface area (Å²) in [6.45, 7) is 2.09. The molecule has 2 aromatic heterocycles. The van der Waals surface area contributed by atoms with Gasteiger partial charge >= 0.3 is 6.18 Å². The molecule has 1 saturated heterocycles. The highest BCUT2D eigenvalue weighted by atomic mass is 19.4. The number of carbonyl (C=O) groups excluding carboxylic acids is 3. The predicted molar refractivity (Wildman–Crippen MR) is 143 cm³/mol. The normalized spacial score (nSPS) is 25.2. The summed E-state index contributed by atoms with van der Waals surface area (Å²) in [5.41, 5.74) is 3.25. The van der Waals surface area contributed by atoms with Crippen LogP contribution in [0.15, 0.2) is 54.9 Å². The second kappa shape index (κ2) is 9.67. The number of fused-ring (bicyclic) bond motifs is 3. The molecule has 2 aliphatic heterocycles. The van der Waals surface area contributed by atoms with Gasteiger partial charge in [-0.3, -0.25) is 19.4 Å². The fraction of sp³-hybridized carbons (Fsp3) is 0.367. The number of benzene rings is 1. The number of halogens is 3. The number of piperidine rings is 1. The number of carbonyl (C=O) groups is 3. The fourth-order valence-electron chi connectivity index (χ4n) is 6.58. The van der Waals surface area contributed by atoms with Crippen LogP contribution in [0.3, 0.4) is 0 Å². The largest absolute Gasteiger partial charge is 0.406 e. The van der Waals surface area contributed by atoms with Gasteiger partial charge in [0.15, 0.2) is 0 Å². The molecule has 1 fully saturated rings. The number of anilines is 1. The SMILES string of the molecule is Cc1ccccc1[C@@H]1C[C@H](NC(=O)c2cnc3c(c2)CC2(C3)C(=O)Nc3ncccc32)C(=O)N(CC(F)(F)F)[C@@H]1C. The van der Waals surface area contributed by atoms with Crippen molar-refractivity contribution in [2.45, 2.75) is 62.7 Å². The van der Waals surface area contributed by atoms with Gasteiger partial charge in [-0.1, -0.05) is 30.3 Å². The van der Waals surface area contributed by atoms with Crippen molar-refractivity contribution in [3.05, 3.63) is 88.4 Å². The smallest absolute Gasteiger partial charge is 0.340 e. The summed E-state index contributed by atoms with van der Waals surface area (Å²) in [5.74, 6) is -1.45. The van der Waals surface area contributed by atoms with Crippen molar-refractivity contribution in [1.29, 1.82) is 0 Å².